The summed E-state index contributed by atoms with van der Waals surface area (Å²) in [6.07, 6.45) is 0. The van der Waals surface area contributed by atoms with Gasteiger partial charge in [-0.3, -0.25) is 15.6 Å². The van der Waals surface area contributed by atoms with Crippen molar-refractivity contribution in [3.63, 3.8) is 0 Å². The molecule has 0 aromatic heterocycles. The minimum absolute atomic E-state index is 0.157. The molecule has 0 saturated carbocycles. The number of nitrogens with one attached hydrogen (secondary N) is 2. The van der Waals surface area contributed by atoms with Gasteiger partial charge in [0, 0.05) is 18.7 Å². The van der Waals surface area contributed by atoms with Gasteiger partial charge in [0.2, 0.25) is 15.8 Å². The molecule has 12 heteroatoms. The van der Waals surface area contributed by atoms with Gasteiger partial charge in [0.05, 0.1) is 4.90 Å². The van der Waals surface area contributed by atoms with E-state index in [0.717, 1.165) is 6.07 Å². The van der Waals surface area contributed by atoms with E-state index in [0.29, 0.717) is 5.56 Å². The second kappa shape index (κ2) is 8.96. The van der Waals surface area contributed by atoms with Crippen LogP contribution in [0.25, 0.3) is 0 Å². The van der Waals surface area contributed by atoms with Crippen molar-refractivity contribution in [3.8, 4) is 0 Å². The highest BCUT2D eigenvalue weighted by Crippen LogP contribution is 2.27. The van der Waals surface area contributed by atoms with Gasteiger partial charge < -0.3 is 0 Å². The second-order valence-electron chi connectivity index (χ2n) is 6.09. The Labute approximate surface area is 169 Å². The molecule has 0 atom stereocenters. The molecule has 164 valence electrons. The summed E-state index contributed by atoms with van der Waals surface area (Å²) < 4.78 is 93.5. The smallest absolute Gasteiger partial charge is 0.269 e. The number of hydrogen-bond donors (Lipinski definition) is 2. The first-order valence-corrected chi connectivity index (χ1v) is 10.1. The summed E-state index contributed by atoms with van der Waals surface area (Å²) in [5, 5.41) is 0. The molecule has 0 unspecified atom stereocenters. The van der Waals surface area contributed by atoms with E-state index in [1.165, 1.54) is 23.4 Å². The van der Waals surface area contributed by atoms with Crippen molar-refractivity contribution in [2.24, 2.45) is 0 Å². The van der Waals surface area contributed by atoms with Crippen LogP contribution < -0.4 is 10.9 Å². The van der Waals surface area contributed by atoms with Gasteiger partial charge >= 0.3 is 0 Å². The van der Waals surface area contributed by atoms with Crippen LogP contribution in [0.2, 0.25) is 0 Å². The quantitative estimate of drug-likeness (QED) is 0.293. The van der Waals surface area contributed by atoms with Gasteiger partial charge in [-0.2, -0.15) is 4.31 Å². The van der Waals surface area contributed by atoms with E-state index in [1.807, 2.05) is 0 Å². The van der Waals surface area contributed by atoms with Gasteiger partial charge in [-0.25, -0.2) is 30.4 Å². The van der Waals surface area contributed by atoms with Crippen molar-refractivity contribution in [2.45, 2.75) is 25.7 Å². The monoisotopic (exact) mass is 451 g/mol. The van der Waals surface area contributed by atoms with Gasteiger partial charge in [-0.15, -0.1) is 0 Å². The number of benzene rings is 2. The number of carbonyl (C=O) groups is 1. The Morgan fingerprint density at radius 2 is 1.43 bits per heavy atom. The molecule has 0 aliphatic carbocycles. The van der Waals surface area contributed by atoms with Crippen LogP contribution in [0, 0.1) is 36.0 Å². The lowest BCUT2D eigenvalue weighted by Crippen LogP contribution is -2.33. The van der Waals surface area contributed by atoms with E-state index < -0.39 is 50.7 Å². The Balaban J connectivity index is 2.34. The summed E-state index contributed by atoms with van der Waals surface area (Å²) in [5.41, 5.74) is 2.12. The topological polar surface area (TPSA) is 78.5 Å². The zero-order chi connectivity index (χ0) is 22.8. The number of hydrogen-bond acceptors (Lipinski definition) is 4. The minimum atomic E-state index is -3.91. The van der Waals surface area contributed by atoms with Gasteiger partial charge in [0.15, 0.2) is 23.3 Å². The Morgan fingerprint density at radius 3 is 1.93 bits per heavy atom. The largest absolute Gasteiger partial charge is 0.293 e. The number of aryl methyl sites for hydroxylation is 1. The predicted molar refractivity (Wildman–Crippen MR) is 98.6 cm³/mol. The number of halogens is 5. The molecule has 2 aromatic carbocycles. The van der Waals surface area contributed by atoms with Crippen LogP contribution in [0.15, 0.2) is 23.1 Å². The van der Waals surface area contributed by atoms with E-state index >= 15 is 0 Å². The SMILES string of the molecule is CCN(CC)S(=O)(=O)c1cc(C(=O)NNc2c(F)c(F)c(F)c(F)c2F)ccc1C. The van der Waals surface area contributed by atoms with Crippen molar-refractivity contribution in [1.29, 1.82) is 0 Å². The summed E-state index contributed by atoms with van der Waals surface area (Å²) >= 11 is 0. The molecule has 30 heavy (non-hydrogen) atoms. The second-order valence-corrected chi connectivity index (χ2v) is 8.00. The Bertz CT molecular complexity index is 1060. The number of carbonyl (C=O) groups excluding carboxylic acids is 1. The fourth-order valence-electron chi connectivity index (χ4n) is 2.63. The van der Waals surface area contributed by atoms with E-state index in [1.54, 1.807) is 24.7 Å². The number of hydrazine groups is 1. The van der Waals surface area contributed by atoms with Crippen molar-refractivity contribution in [2.75, 3.05) is 18.5 Å². The maximum atomic E-state index is 13.7. The fourth-order valence-corrected chi connectivity index (χ4v) is 4.34. The van der Waals surface area contributed by atoms with Gasteiger partial charge in [-0.05, 0) is 24.6 Å². The number of nitrogens with zero attached hydrogens (tertiary/aromatic N) is 1. The average Bonchev–Trinajstić information content (AvgIpc) is 2.71. The molecule has 0 fully saturated rings. The third-order valence-corrected chi connectivity index (χ3v) is 6.48. The molecule has 6 nitrogen and oxygen atoms in total. The lowest BCUT2D eigenvalue weighted by Gasteiger charge is -2.20. The van der Waals surface area contributed by atoms with Crippen LogP contribution in [-0.4, -0.2) is 31.7 Å². The molecule has 2 N–H and O–H groups in total. The Hall–Kier alpha value is -2.73. The third kappa shape index (κ3) is 4.24. The van der Waals surface area contributed by atoms with Gasteiger partial charge in [-0.1, -0.05) is 19.9 Å². The molecule has 2 aromatic rings. The molecule has 0 bridgehead atoms. The maximum absolute atomic E-state index is 13.7. The summed E-state index contributed by atoms with van der Waals surface area (Å²) in [6, 6.07) is 3.65. The van der Waals surface area contributed by atoms with Crippen LogP contribution in [0.1, 0.15) is 29.8 Å². The first kappa shape index (κ1) is 23.5. The number of amides is 1. The minimum Gasteiger partial charge on any atom is -0.293 e. The van der Waals surface area contributed by atoms with Crippen LogP contribution in [0.5, 0.6) is 0 Å². The standard InChI is InChI=1S/C18H18F5N3O3S/c1-4-26(5-2)30(28,29)11-8-10(7-6-9(11)3)18(27)25-24-17-15(22)13(20)12(19)14(21)16(17)23/h6-8,24H,4-5H2,1-3H3,(H,25,27). The van der Waals surface area contributed by atoms with Crippen molar-refractivity contribution >= 4 is 21.6 Å². The predicted octanol–water partition coefficient (Wildman–Crippen LogP) is 3.48. The highest BCUT2D eigenvalue weighted by atomic mass is 32.2. The fraction of sp³-hybridized carbons (Fsp3) is 0.278. The van der Waals surface area contributed by atoms with Crippen LogP contribution in [0.3, 0.4) is 0 Å². The Kier molecular flexibility index (Phi) is 7.03. The van der Waals surface area contributed by atoms with Crippen LogP contribution >= 0.6 is 0 Å². The first-order chi connectivity index (χ1) is 14.0. The molecule has 0 spiro atoms. The first-order valence-electron chi connectivity index (χ1n) is 8.65. The molecule has 0 radical (unpaired) electrons. The molecule has 0 aliphatic rings. The molecule has 0 heterocycles. The van der Waals surface area contributed by atoms with Crippen LogP contribution in [-0.2, 0) is 10.0 Å². The van der Waals surface area contributed by atoms with Crippen molar-refractivity contribution < 1.29 is 35.2 Å². The Morgan fingerprint density at radius 1 is 0.933 bits per heavy atom. The zero-order valence-corrected chi connectivity index (χ0v) is 16.9. The van der Waals surface area contributed by atoms with E-state index in [-0.39, 0.29) is 23.5 Å². The average molecular weight is 451 g/mol. The zero-order valence-electron chi connectivity index (χ0n) is 16.1. The highest BCUT2D eigenvalue weighted by Gasteiger charge is 2.27. The maximum Gasteiger partial charge on any atom is 0.269 e. The highest BCUT2D eigenvalue weighted by molar-refractivity contribution is 7.89. The molecule has 2 rings (SSSR count). The number of sulfonamides is 1. The van der Waals surface area contributed by atoms with E-state index in [2.05, 4.69) is 0 Å². The number of anilines is 1. The van der Waals surface area contributed by atoms with E-state index in [9.17, 15) is 35.2 Å². The lowest BCUT2D eigenvalue weighted by atomic mass is 10.1. The summed E-state index contributed by atoms with van der Waals surface area (Å²) in [7, 11) is -3.91. The van der Waals surface area contributed by atoms with Crippen LogP contribution in [0.4, 0.5) is 27.6 Å². The van der Waals surface area contributed by atoms with Gasteiger partial charge in [0.25, 0.3) is 5.91 Å². The van der Waals surface area contributed by atoms with Crippen molar-refractivity contribution in [3.05, 3.63) is 58.4 Å². The summed E-state index contributed by atoms with van der Waals surface area (Å²) in [6.45, 7) is 5.18. The van der Waals surface area contributed by atoms with Gasteiger partial charge in [0.1, 0.15) is 5.69 Å². The molecule has 0 aliphatic heterocycles. The molecule has 1 amide bonds. The summed E-state index contributed by atoms with van der Waals surface area (Å²) in [5.74, 6) is -12.1. The molecular formula is C18H18F5N3O3S. The molecular weight excluding hydrogens is 433 g/mol. The number of rotatable bonds is 7. The molecule has 0 saturated heterocycles. The normalized spacial score (nSPS) is 11.6. The van der Waals surface area contributed by atoms with Crippen molar-refractivity contribution in [1.82, 2.24) is 9.73 Å². The van der Waals surface area contributed by atoms with E-state index in [4.69, 9.17) is 0 Å². The lowest BCUT2D eigenvalue weighted by molar-refractivity contribution is 0.0962. The summed E-state index contributed by atoms with van der Waals surface area (Å²) in [4.78, 5) is 12.1. The third-order valence-electron chi connectivity index (χ3n) is 4.28.